The van der Waals surface area contributed by atoms with Crippen molar-refractivity contribution in [1.82, 2.24) is 20.2 Å². The normalized spacial score (nSPS) is 18.7. The number of nitrogens with one attached hydrogen (secondary N) is 1. The topological polar surface area (TPSA) is 175 Å². The number of carbonyl (C=O) groups is 4. The lowest BCUT2D eigenvalue weighted by atomic mass is 9.76. The molecule has 2 aliphatic heterocycles. The minimum absolute atomic E-state index is 0.00724. The lowest BCUT2D eigenvalue weighted by Crippen LogP contribution is -2.71. The number of oxime groups is 1. The number of carbonyl (C=O) groups excluding carboxylic acids is 4. The number of nitrogens with zero attached hydrogens (tertiary/aromatic N) is 4. The molecule has 3 aliphatic rings. The van der Waals surface area contributed by atoms with Gasteiger partial charge in [-0.05, 0) is 37.0 Å². The second-order valence-corrected chi connectivity index (χ2v) is 17.3. The maximum Gasteiger partial charge on any atom is 0.358 e. The van der Waals surface area contributed by atoms with Crippen molar-refractivity contribution in [1.29, 1.82) is 0 Å². The van der Waals surface area contributed by atoms with E-state index in [9.17, 15) is 19.2 Å². The molecule has 2 aromatic heterocycles. The summed E-state index contributed by atoms with van der Waals surface area (Å²) < 4.78 is 11.0. The maximum absolute atomic E-state index is 14.5. The second kappa shape index (κ2) is 18.6. The van der Waals surface area contributed by atoms with Gasteiger partial charge in [-0.3, -0.25) is 24.3 Å². The van der Waals surface area contributed by atoms with Crippen LogP contribution in [0.15, 0.2) is 143 Å². The molecular weight excluding hydrogens is 825 g/mol. The SMILES string of the molecule is CC1(C(=O)OCOC(=O)C2=C(/C=C\c3cccnc3)CS[C@@H]3[C@H](NC(=O)/C(=N/OC(c4ccccc4)(c4ccccc4)c4ccccc4)c4csc(N)n4)C(=O)N23)CCCCC1. The van der Waals surface area contributed by atoms with E-state index in [1.807, 2.05) is 104 Å². The number of pyridine rings is 1. The Bertz CT molecular complexity index is 2410. The average molecular weight is 869 g/mol. The number of β-lactam (4-membered cyclic amide) rings is 1. The summed E-state index contributed by atoms with van der Waals surface area (Å²) in [5.41, 5.74) is 7.58. The molecule has 1 aliphatic carbocycles. The fraction of sp³-hybridized carbons (Fsp3) is 0.255. The number of benzene rings is 3. The van der Waals surface area contributed by atoms with Crippen molar-refractivity contribution < 1.29 is 33.5 Å². The highest BCUT2D eigenvalue weighted by atomic mass is 32.2. The van der Waals surface area contributed by atoms with E-state index in [4.69, 9.17) is 20.0 Å². The minimum Gasteiger partial charge on any atom is -0.427 e. The van der Waals surface area contributed by atoms with Gasteiger partial charge in [0.1, 0.15) is 22.8 Å². The third-order valence-electron chi connectivity index (χ3n) is 11.3. The first-order valence-electron chi connectivity index (χ1n) is 20.2. The van der Waals surface area contributed by atoms with Crippen LogP contribution in [0, 0.1) is 5.41 Å². The molecule has 2 fully saturated rings. The van der Waals surface area contributed by atoms with E-state index in [0.29, 0.717) is 24.2 Å². The first-order valence-corrected chi connectivity index (χ1v) is 22.2. The van der Waals surface area contributed by atoms with Gasteiger partial charge >= 0.3 is 11.9 Å². The molecule has 0 bridgehead atoms. The molecule has 0 unspecified atom stereocenters. The van der Waals surface area contributed by atoms with Crippen LogP contribution in [-0.2, 0) is 39.1 Å². The van der Waals surface area contributed by atoms with Gasteiger partial charge in [-0.2, -0.15) is 0 Å². The Kier molecular flexibility index (Phi) is 12.6. The van der Waals surface area contributed by atoms with Crippen LogP contribution in [0.4, 0.5) is 5.13 Å². The van der Waals surface area contributed by atoms with Crippen LogP contribution in [0.2, 0.25) is 0 Å². The molecule has 8 rings (SSSR count). The summed E-state index contributed by atoms with van der Waals surface area (Å²) in [6, 6.07) is 31.2. The lowest BCUT2D eigenvalue weighted by Gasteiger charge is -2.49. The van der Waals surface area contributed by atoms with Gasteiger partial charge in [-0.25, -0.2) is 9.78 Å². The van der Waals surface area contributed by atoms with E-state index in [1.165, 1.54) is 16.7 Å². The number of ether oxygens (including phenoxy) is 2. The Morgan fingerprint density at radius 3 is 2.13 bits per heavy atom. The predicted octanol–water partition coefficient (Wildman–Crippen LogP) is 7.21. The van der Waals surface area contributed by atoms with Crippen LogP contribution >= 0.6 is 23.1 Å². The van der Waals surface area contributed by atoms with E-state index in [2.05, 4.69) is 20.4 Å². The molecule has 4 heterocycles. The number of esters is 2. The molecule has 13 nitrogen and oxygen atoms in total. The van der Waals surface area contributed by atoms with Crippen molar-refractivity contribution in [3.63, 3.8) is 0 Å². The Balaban J connectivity index is 1.08. The Hall–Kier alpha value is -6.58. The quantitative estimate of drug-likeness (QED) is 0.0288. The molecule has 0 spiro atoms. The average Bonchev–Trinajstić information content (AvgIpc) is 3.75. The van der Waals surface area contributed by atoms with E-state index in [-0.39, 0.29) is 22.2 Å². The van der Waals surface area contributed by atoms with Crippen LogP contribution in [0.25, 0.3) is 6.08 Å². The van der Waals surface area contributed by atoms with Crippen LogP contribution < -0.4 is 11.1 Å². The highest BCUT2D eigenvalue weighted by Gasteiger charge is 2.55. The number of nitrogen functional groups attached to an aromatic ring is 1. The van der Waals surface area contributed by atoms with Gasteiger partial charge in [-0.15, -0.1) is 23.1 Å². The van der Waals surface area contributed by atoms with Gasteiger partial charge in [0, 0.05) is 40.2 Å². The number of rotatable bonds is 14. The molecule has 2 amide bonds. The summed E-state index contributed by atoms with van der Waals surface area (Å²) in [6.07, 6.45) is 11.1. The zero-order valence-corrected chi connectivity index (χ0v) is 35.5. The highest BCUT2D eigenvalue weighted by Crippen LogP contribution is 2.43. The molecule has 316 valence electrons. The number of aromatic nitrogens is 2. The molecule has 1 saturated carbocycles. The van der Waals surface area contributed by atoms with Crippen molar-refractivity contribution in [2.24, 2.45) is 10.6 Å². The minimum atomic E-state index is -1.32. The van der Waals surface area contributed by atoms with E-state index in [1.54, 1.807) is 36.0 Å². The number of nitrogens with two attached hydrogens (primary N) is 1. The van der Waals surface area contributed by atoms with E-state index in [0.717, 1.165) is 52.9 Å². The molecule has 5 aromatic rings. The molecule has 15 heteroatoms. The van der Waals surface area contributed by atoms with E-state index < -0.39 is 53.0 Å². The third kappa shape index (κ3) is 8.63. The summed E-state index contributed by atoms with van der Waals surface area (Å²) in [5, 5.41) is 8.53. The molecule has 3 N–H and O–H groups in total. The highest BCUT2D eigenvalue weighted by molar-refractivity contribution is 8.00. The lowest BCUT2D eigenvalue weighted by molar-refractivity contribution is -0.176. The number of fused-ring (bicyclic) bond motifs is 1. The Labute approximate surface area is 367 Å². The zero-order valence-electron chi connectivity index (χ0n) is 33.8. The van der Waals surface area contributed by atoms with Crippen LogP contribution in [0.3, 0.4) is 0 Å². The monoisotopic (exact) mass is 868 g/mol. The summed E-state index contributed by atoms with van der Waals surface area (Å²) in [6.45, 7) is 1.26. The first kappa shape index (κ1) is 42.1. The standard InChI is InChI=1S/C47H44N6O7S2/c1-46(24-12-5-13-25-46)44(57)59-30-58-43(56)39-32(23-22-31-15-14-26-49-27-31)28-61-42-38(41(55)53(39)42)51-40(54)37(36-29-62-45(48)50-36)52-60-47(33-16-6-2-7-17-33,34-18-8-3-9-19-34)35-20-10-4-11-21-35/h2-4,6-11,14-23,26-27,29,38,42H,5,12-13,24-25,28,30H2,1H3,(H2,48,50)(H,51,54)/b23-22-,52-37+/t38-,42-/m1/s1. The maximum atomic E-state index is 14.5. The van der Waals surface area contributed by atoms with Crippen LogP contribution in [0.1, 0.15) is 67.0 Å². The molecule has 62 heavy (non-hydrogen) atoms. The van der Waals surface area contributed by atoms with Gasteiger partial charge in [0.2, 0.25) is 12.4 Å². The summed E-state index contributed by atoms with van der Waals surface area (Å²) in [4.78, 5) is 72.0. The number of anilines is 1. The van der Waals surface area contributed by atoms with Crippen LogP contribution in [0.5, 0.6) is 0 Å². The largest absolute Gasteiger partial charge is 0.427 e. The number of allylic oxidation sites excluding steroid dienone is 1. The Morgan fingerprint density at radius 2 is 1.55 bits per heavy atom. The number of hydrogen-bond donors (Lipinski definition) is 2. The number of thioether (sulfide) groups is 1. The smallest absolute Gasteiger partial charge is 0.358 e. The molecular formula is C47H44N6O7S2. The van der Waals surface area contributed by atoms with E-state index >= 15 is 0 Å². The summed E-state index contributed by atoms with van der Waals surface area (Å²) in [7, 11) is 0. The predicted molar refractivity (Wildman–Crippen MR) is 237 cm³/mol. The van der Waals surface area contributed by atoms with Crippen molar-refractivity contribution >= 4 is 63.8 Å². The summed E-state index contributed by atoms with van der Waals surface area (Å²) in [5.74, 6) is -2.26. The zero-order chi connectivity index (χ0) is 43.1. The van der Waals surface area contributed by atoms with Crippen LogP contribution in [-0.4, -0.2) is 68.3 Å². The molecule has 0 radical (unpaired) electrons. The first-order chi connectivity index (χ1) is 30.2. The molecule has 1 saturated heterocycles. The van der Waals surface area contributed by atoms with Gasteiger partial charge in [-0.1, -0.05) is 134 Å². The molecule has 3 aromatic carbocycles. The second-order valence-electron chi connectivity index (χ2n) is 15.3. The van der Waals surface area contributed by atoms with Gasteiger partial charge in [0.25, 0.3) is 11.8 Å². The van der Waals surface area contributed by atoms with Gasteiger partial charge in [0.05, 0.1) is 5.41 Å². The van der Waals surface area contributed by atoms with Gasteiger partial charge in [0.15, 0.2) is 10.8 Å². The fourth-order valence-corrected chi connectivity index (χ4v) is 9.81. The number of amides is 2. The van der Waals surface area contributed by atoms with Gasteiger partial charge < -0.3 is 25.4 Å². The molecule has 2 atom stereocenters. The fourth-order valence-electron chi connectivity index (χ4n) is 7.95. The van der Waals surface area contributed by atoms with Crippen molar-refractivity contribution in [2.75, 3.05) is 18.3 Å². The summed E-state index contributed by atoms with van der Waals surface area (Å²) >= 11 is 2.49. The van der Waals surface area contributed by atoms with Crippen molar-refractivity contribution in [2.45, 2.75) is 56.0 Å². The van der Waals surface area contributed by atoms with Crippen molar-refractivity contribution in [3.05, 3.63) is 166 Å². The Morgan fingerprint density at radius 1 is 0.903 bits per heavy atom. The number of thiazole rings is 1. The number of hydrogen-bond acceptors (Lipinski definition) is 13. The third-order valence-corrected chi connectivity index (χ3v) is 13.2. The van der Waals surface area contributed by atoms with Crippen molar-refractivity contribution in [3.8, 4) is 0 Å².